The maximum atomic E-state index is 4.53. The van der Waals surface area contributed by atoms with E-state index in [4.69, 9.17) is 0 Å². The summed E-state index contributed by atoms with van der Waals surface area (Å²) in [6.07, 6.45) is 6.67. The molecule has 1 aliphatic rings. The molecule has 0 spiro atoms. The van der Waals surface area contributed by atoms with Crippen molar-refractivity contribution >= 4 is 11.3 Å². The normalized spacial score (nSPS) is 24.7. The fourth-order valence-electron chi connectivity index (χ4n) is 3.12. The summed E-state index contributed by atoms with van der Waals surface area (Å²) in [4.78, 5) is 4.53. The van der Waals surface area contributed by atoms with Gasteiger partial charge in [0.15, 0.2) is 0 Å². The SMILES string of the molecule is Cc1nc(CCNC2CCCCC2C(C)C)cs1. The van der Waals surface area contributed by atoms with Gasteiger partial charge >= 0.3 is 0 Å². The predicted octanol–water partition coefficient (Wildman–Crippen LogP) is 3.80. The molecule has 0 saturated heterocycles. The van der Waals surface area contributed by atoms with Gasteiger partial charge in [0.05, 0.1) is 10.7 Å². The first-order valence-corrected chi connectivity index (χ1v) is 8.19. The van der Waals surface area contributed by atoms with E-state index in [9.17, 15) is 0 Å². The molecule has 1 saturated carbocycles. The van der Waals surface area contributed by atoms with Gasteiger partial charge in [-0.05, 0) is 31.6 Å². The highest BCUT2D eigenvalue weighted by molar-refractivity contribution is 7.09. The molecule has 18 heavy (non-hydrogen) atoms. The van der Waals surface area contributed by atoms with Crippen LogP contribution in [0.25, 0.3) is 0 Å². The first-order chi connectivity index (χ1) is 8.66. The summed E-state index contributed by atoms with van der Waals surface area (Å²) in [6.45, 7) is 7.90. The van der Waals surface area contributed by atoms with E-state index in [-0.39, 0.29) is 0 Å². The molecule has 1 aromatic heterocycles. The largest absolute Gasteiger partial charge is 0.313 e. The third-order valence-corrected chi connectivity index (χ3v) is 4.95. The zero-order valence-electron chi connectivity index (χ0n) is 11.9. The Morgan fingerprint density at radius 2 is 2.17 bits per heavy atom. The fourth-order valence-corrected chi connectivity index (χ4v) is 3.77. The smallest absolute Gasteiger partial charge is 0.0897 e. The lowest BCUT2D eigenvalue weighted by molar-refractivity contribution is 0.206. The molecule has 0 aliphatic heterocycles. The second kappa shape index (κ2) is 6.67. The van der Waals surface area contributed by atoms with Gasteiger partial charge in [-0.2, -0.15) is 0 Å². The van der Waals surface area contributed by atoms with Gasteiger partial charge in [-0.1, -0.05) is 26.7 Å². The maximum Gasteiger partial charge on any atom is 0.0897 e. The first kappa shape index (κ1) is 14.0. The van der Waals surface area contributed by atoms with Crippen LogP contribution in [0.5, 0.6) is 0 Å². The molecule has 1 N–H and O–H groups in total. The van der Waals surface area contributed by atoms with E-state index in [2.05, 4.69) is 36.5 Å². The highest BCUT2D eigenvalue weighted by Crippen LogP contribution is 2.30. The molecule has 2 atom stereocenters. The first-order valence-electron chi connectivity index (χ1n) is 7.31. The van der Waals surface area contributed by atoms with Crippen LogP contribution in [0.2, 0.25) is 0 Å². The monoisotopic (exact) mass is 266 g/mol. The van der Waals surface area contributed by atoms with Crippen molar-refractivity contribution in [1.29, 1.82) is 0 Å². The quantitative estimate of drug-likeness (QED) is 0.877. The summed E-state index contributed by atoms with van der Waals surface area (Å²) >= 11 is 1.76. The summed E-state index contributed by atoms with van der Waals surface area (Å²) < 4.78 is 0. The van der Waals surface area contributed by atoms with Gasteiger partial charge in [-0.3, -0.25) is 0 Å². The molecule has 3 heteroatoms. The number of thiazole rings is 1. The van der Waals surface area contributed by atoms with Gasteiger partial charge in [0.1, 0.15) is 0 Å². The standard InChI is InChI=1S/C15H26N2S/c1-11(2)14-6-4-5-7-15(14)16-9-8-13-10-18-12(3)17-13/h10-11,14-16H,4-9H2,1-3H3. The van der Waals surface area contributed by atoms with Gasteiger partial charge in [-0.25, -0.2) is 4.98 Å². The van der Waals surface area contributed by atoms with Crippen molar-refractivity contribution in [3.8, 4) is 0 Å². The summed E-state index contributed by atoms with van der Waals surface area (Å²) in [6, 6.07) is 0.735. The second-order valence-corrected chi connectivity index (χ2v) is 6.92. The third-order valence-electron chi connectivity index (χ3n) is 4.13. The van der Waals surface area contributed by atoms with Crippen molar-refractivity contribution in [2.75, 3.05) is 6.54 Å². The molecule has 1 aliphatic carbocycles. The number of nitrogens with zero attached hydrogens (tertiary/aromatic N) is 1. The van der Waals surface area contributed by atoms with Crippen LogP contribution >= 0.6 is 11.3 Å². The summed E-state index contributed by atoms with van der Waals surface area (Å²) in [5, 5.41) is 7.15. The molecule has 2 unspecified atom stereocenters. The average molecular weight is 266 g/mol. The summed E-state index contributed by atoms with van der Waals surface area (Å²) in [7, 11) is 0. The molecule has 1 aromatic rings. The molecular weight excluding hydrogens is 240 g/mol. The van der Waals surface area contributed by atoms with Crippen LogP contribution in [0.1, 0.15) is 50.2 Å². The number of nitrogens with one attached hydrogen (secondary N) is 1. The van der Waals surface area contributed by atoms with Crippen LogP contribution in [0.15, 0.2) is 5.38 Å². The molecule has 102 valence electrons. The van der Waals surface area contributed by atoms with E-state index < -0.39 is 0 Å². The fraction of sp³-hybridized carbons (Fsp3) is 0.800. The molecule has 0 radical (unpaired) electrons. The number of aromatic nitrogens is 1. The van der Waals surface area contributed by atoms with Gasteiger partial charge in [0.2, 0.25) is 0 Å². The zero-order chi connectivity index (χ0) is 13.0. The van der Waals surface area contributed by atoms with E-state index in [0.717, 1.165) is 30.8 Å². The number of hydrogen-bond donors (Lipinski definition) is 1. The second-order valence-electron chi connectivity index (χ2n) is 5.86. The maximum absolute atomic E-state index is 4.53. The number of hydrogen-bond acceptors (Lipinski definition) is 3. The van der Waals surface area contributed by atoms with E-state index in [0.29, 0.717) is 0 Å². The van der Waals surface area contributed by atoms with Gasteiger partial charge < -0.3 is 5.32 Å². The Bertz CT molecular complexity index is 359. The summed E-state index contributed by atoms with van der Waals surface area (Å²) in [5.41, 5.74) is 1.25. The average Bonchev–Trinajstić information content (AvgIpc) is 2.75. The minimum atomic E-state index is 0.735. The van der Waals surface area contributed by atoms with Crippen molar-refractivity contribution in [3.63, 3.8) is 0 Å². The lowest BCUT2D eigenvalue weighted by Gasteiger charge is -2.35. The molecule has 1 heterocycles. The third kappa shape index (κ3) is 3.79. The van der Waals surface area contributed by atoms with Gasteiger partial charge in [0, 0.05) is 24.4 Å². The Kier molecular flexibility index (Phi) is 5.19. The Balaban J connectivity index is 1.77. The van der Waals surface area contributed by atoms with Crippen molar-refractivity contribution in [2.45, 2.75) is 58.9 Å². The molecular formula is C15H26N2S. The molecule has 2 nitrogen and oxygen atoms in total. The van der Waals surface area contributed by atoms with E-state index >= 15 is 0 Å². The lowest BCUT2D eigenvalue weighted by Crippen LogP contribution is -2.41. The van der Waals surface area contributed by atoms with Crippen LogP contribution in [0.3, 0.4) is 0 Å². The molecule has 0 amide bonds. The Labute approximate surface area is 115 Å². The van der Waals surface area contributed by atoms with Crippen molar-refractivity contribution in [3.05, 3.63) is 16.1 Å². The number of aryl methyl sites for hydroxylation is 1. The molecule has 1 fully saturated rings. The molecule has 2 rings (SSSR count). The minimum Gasteiger partial charge on any atom is -0.313 e. The van der Waals surface area contributed by atoms with Crippen LogP contribution in [0.4, 0.5) is 0 Å². The zero-order valence-corrected chi connectivity index (χ0v) is 12.7. The minimum absolute atomic E-state index is 0.735. The Morgan fingerprint density at radius 3 is 2.83 bits per heavy atom. The Morgan fingerprint density at radius 1 is 1.39 bits per heavy atom. The summed E-state index contributed by atoms with van der Waals surface area (Å²) in [5.74, 6) is 1.68. The van der Waals surface area contributed by atoms with Crippen LogP contribution in [0, 0.1) is 18.8 Å². The lowest BCUT2D eigenvalue weighted by atomic mass is 9.78. The topological polar surface area (TPSA) is 24.9 Å². The van der Waals surface area contributed by atoms with Gasteiger partial charge in [0.25, 0.3) is 0 Å². The van der Waals surface area contributed by atoms with Crippen LogP contribution in [-0.4, -0.2) is 17.6 Å². The number of rotatable bonds is 5. The highest BCUT2D eigenvalue weighted by atomic mass is 32.1. The van der Waals surface area contributed by atoms with E-state index in [1.807, 2.05) is 0 Å². The van der Waals surface area contributed by atoms with Gasteiger partial charge in [-0.15, -0.1) is 11.3 Å². The molecule has 0 bridgehead atoms. The Hall–Kier alpha value is -0.410. The van der Waals surface area contributed by atoms with E-state index in [1.165, 1.54) is 36.4 Å². The highest BCUT2D eigenvalue weighted by Gasteiger charge is 2.26. The van der Waals surface area contributed by atoms with Crippen molar-refractivity contribution in [2.24, 2.45) is 11.8 Å². The predicted molar refractivity (Wildman–Crippen MR) is 79.1 cm³/mol. The van der Waals surface area contributed by atoms with Crippen molar-refractivity contribution in [1.82, 2.24) is 10.3 Å². The van der Waals surface area contributed by atoms with E-state index in [1.54, 1.807) is 11.3 Å². The van der Waals surface area contributed by atoms with Crippen molar-refractivity contribution < 1.29 is 0 Å². The van der Waals surface area contributed by atoms with Crippen LogP contribution < -0.4 is 5.32 Å². The van der Waals surface area contributed by atoms with Crippen LogP contribution in [-0.2, 0) is 6.42 Å². The molecule has 0 aromatic carbocycles.